The maximum absolute atomic E-state index is 9.26. The lowest BCUT2D eigenvalue weighted by molar-refractivity contribution is 0.280. The van der Waals surface area contributed by atoms with Crippen molar-refractivity contribution in [3.63, 3.8) is 0 Å². The molecule has 6 heteroatoms. The topological polar surface area (TPSA) is 69.5 Å². The maximum atomic E-state index is 9.26. The van der Waals surface area contributed by atoms with Crippen molar-refractivity contribution in [2.75, 3.05) is 31.2 Å². The molecule has 0 radical (unpaired) electrons. The number of aliphatic hydroxyl groups is 2. The molecule has 2 N–H and O–H groups in total. The van der Waals surface area contributed by atoms with Gasteiger partial charge in [0.05, 0.1) is 24.4 Å². The number of nitrogens with zero attached hydrogens (tertiary/aromatic N) is 3. The molecule has 124 valence electrons. The Kier molecular flexibility index (Phi) is 5.25. The van der Waals surface area contributed by atoms with E-state index in [4.69, 9.17) is 11.6 Å². The van der Waals surface area contributed by atoms with Crippen molar-refractivity contribution in [2.24, 2.45) is 0 Å². The number of hydrogen-bond donors (Lipinski definition) is 2. The Morgan fingerprint density at radius 1 is 0.917 bits per heavy atom. The highest BCUT2D eigenvalue weighted by Gasteiger charge is 2.14. The number of anilines is 1. The van der Waals surface area contributed by atoms with Crippen LogP contribution in [0.4, 0.5) is 5.95 Å². The maximum Gasteiger partial charge on any atom is 0.226 e. The van der Waals surface area contributed by atoms with Gasteiger partial charge < -0.3 is 15.1 Å². The van der Waals surface area contributed by atoms with Crippen molar-refractivity contribution in [2.45, 2.75) is 0 Å². The third-order valence-electron chi connectivity index (χ3n) is 3.72. The minimum Gasteiger partial charge on any atom is -0.395 e. The first-order valence-electron chi connectivity index (χ1n) is 7.72. The molecular formula is C18H18ClN3O2. The number of fused-ring (bicyclic) bond motifs is 1. The van der Waals surface area contributed by atoms with Crippen molar-refractivity contribution < 1.29 is 10.2 Å². The molecule has 0 atom stereocenters. The Morgan fingerprint density at radius 2 is 1.62 bits per heavy atom. The van der Waals surface area contributed by atoms with E-state index in [9.17, 15) is 10.2 Å². The first-order chi connectivity index (χ1) is 11.7. The van der Waals surface area contributed by atoms with Gasteiger partial charge in [0.25, 0.3) is 0 Å². The van der Waals surface area contributed by atoms with Gasteiger partial charge in [0.15, 0.2) is 0 Å². The summed E-state index contributed by atoms with van der Waals surface area (Å²) in [5.41, 5.74) is 2.50. The van der Waals surface area contributed by atoms with Crippen LogP contribution in [0.3, 0.4) is 0 Å². The highest BCUT2D eigenvalue weighted by Crippen LogP contribution is 2.30. The van der Waals surface area contributed by atoms with E-state index in [0.717, 1.165) is 22.2 Å². The number of halogens is 1. The highest BCUT2D eigenvalue weighted by atomic mass is 35.5. The largest absolute Gasteiger partial charge is 0.395 e. The summed E-state index contributed by atoms with van der Waals surface area (Å²) in [6.07, 6.45) is 0. The van der Waals surface area contributed by atoms with Crippen LogP contribution in [0.5, 0.6) is 0 Å². The fourth-order valence-corrected chi connectivity index (χ4v) is 2.77. The Balaban J connectivity index is 2.21. The van der Waals surface area contributed by atoms with E-state index in [-0.39, 0.29) is 13.2 Å². The summed E-state index contributed by atoms with van der Waals surface area (Å²) >= 11 is 6.15. The molecule has 5 nitrogen and oxygen atoms in total. The second kappa shape index (κ2) is 7.57. The molecule has 2 aromatic carbocycles. The van der Waals surface area contributed by atoms with Crippen LogP contribution in [0.25, 0.3) is 22.2 Å². The smallest absolute Gasteiger partial charge is 0.226 e. The second-order valence-corrected chi connectivity index (χ2v) is 5.77. The van der Waals surface area contributed by atoms with Crippen molar-refractivity contribution in [1.29, 1.82) is 0 Å². The monoisotopic (exact) mass is 343 g/mol. The predicted molar refractivity (Wildman–Crippen MR) is 96.4 cm³/mol. The van der Waals surface area contributed by atoms with Gasteiger partial charge in [-0.3, -0.25) is 0 Å². The van der Waals surface area contributed by atoms with Gasteiger partial charge in [0.1, 0.15) is 0 Å². The van der Waals surface area contributed by atoms with E-state index in [1.165, 1.54) is 0 Å². The average molecular weight is 344 g/mol. The minimum atomic E-state index is -0.0390. The van der Waals surface area contributed by atoms with Crippen molar-refractivity contribution >= 4 is 28.5 Å². The zero-order chi connectivity index (χ0) is 16.9. The lowest BCUT2D eigenvalue weighted by Crippen LogP contribution is -2.31. The van der Waals surface area contributed by atoms with Crippen LogP contribution in [-0.4, -0.2) is 46.5 Å². The lowest BCUT2D eigenvalue weighted by Gasteiger charge is -2.22. The summed E-state index contributed by atoms with van der Waals surface area (Å²) in [6.45, 7) is 0.632. The van der Waals surface area contributed by atoms with Gasteiger partial charge in [-0.1, -0.05) is 41.9 Å². The van der Waals surface area contributed by atoms with Gasteiger partial charge in [-0.25, -0.2) is 9.97 Å². The number of benzene rings is 2. The SMILES string of the molecule is OCCN(CCO)c1nc(-c2ccccc2)c2cc(Cl)ccc2n1. The molecule has 0 spiro atoms. The van der Waals surface area contributed by atoms with Crippen LogP contribution in [0.15, 0.2) is 48.5 Å². The lowest BCUT2D eigenvalue weighted by atomic mass is 10.1. The summed E-state index contributed by atoms with van der Waals surface area (Å²) < 4.78 is 0. The third-order valence-corrected chi connectivity index (χ3v) is 3.95. The summed E-state index contributed by atoms with van der Waals surface area (Å²) in [6, 6.07) is 15.3. The highest BCUT2D eigenvalue weighted by molar-refractivity contribution is 6.31. The first-order valence-corrected chi connectivity index (χ1v) is 8.10. The number of hydrogen-bond acceptors (Lipinski definition) is 5. The van der Waals surface area contributed by atoms with E-state index in [1.807, 2.05) is 42.5 Å². The minimum absolute atomic E-state index is 0.0390. The second-order valence-electron chi connectivity index (χ2n) is 5.33. The van der Waals surface area contributed by atoms with Gasteiger partial charge in [-0.05, 0) is 18.2 Å². The standard InChI is InChI=1S/C18H18ClN3O2/c19-14-6-7-16-15(12-14)17(13-4-2-1-3-5-13)21-18(20-16)22(8-10-23)9-11-24/h1-7,12,23-24H,8-11H2. The van der Waals surface area contributed by atoms with Crippen LogP contribution < -0.4 is 4.90 Å². The van der Waals surface area contributed by atoms with Gasteiger partial charge in [0.2, 0.25) is 5.95 Å². The molecular weight excluding hydrogens is 326 g/mol. The molecule has 3 aromatic rings. The molecule has 0 saturated heterocycles. The Hall–Kier alpha value is -2.21. The molecule has 0 aliphatic heterocycles. The quantitative estimate of drug-likeness (QED) is 0.720. The van der Waals surface area contributed by atoms with Crippen molar-refractivity contribution in [3.05, 3.63) is 53.6 Å². The van der Waals surface area contributed by atoms with Crippen molar-refractivity contribution in [1.82, 2.24) is 9.97 Å². The van der Waals surface area contributed by atoms with E-state index in [2.05, 4.69) is 9.97 Å². The molecule has 1 heterocycles. The first kappa shape index (κ1) is 16.6. The van der Waals surface area contributed by atoms with E-state index in [0.29, 0.717) is 24.1 Å². The summed E-state index contributed by atoms with van der Waals surface area (Å²) in [5.74, 6) is 0.478. The molecule has 0 aliphatic carbocycles. The van der Waals surface area contributed by atoms with Crippen LogP contribution in [-0.2, 0) is 0 Å². The molecule has 0 fully saturated rings. The molecule has 0 saturated carbocycles. The molecule has 0 aliphatic rings. The van der Waals surface area contributed by atoms with Gasteiger partial charge >= 0.3 is 0 Å². The Bertz CT molecular complexity index is 821. The Labute approximate surface area is 145 Å². The Morgan fingerprint density at radius 3 is 2.29 bits per heavy atom. The molecule has 0 unspecified atom stereocenters. The van der Waals surface area contributed by atoms with Crippen LogP contribution >= 0.6 is 11.6 Å². The van der Waals surface area contributed by atoms with E-state index in [1.54, 1.807) is 11.0 Å². The summed E-state index contributed by atoms with van der Waals surface area (Å²) in [5, 5.41) is 20.0. The van der Waals surface area contributed by atoms with Gasteiger partial charge in [0, 0.05) is 29.1 Å². The van der Waals surface area contributed by atoms with Crippen LogP contribution in [0.1, 0.15) is 0 Å². The molecule has 24 heavy (non-hydrogen) atoms. The zero-order valence-corrected chi connectivity index (χ0v) is 13.8. The van der Waals surface area contributed by atoms with E-state index >= 15 is 0 Å². The zero-order valence-electron chi connectivity index (χ0n) is 13.1. The average Bonchev–Trinajstić information content (AvgIpc) is 2.61. The fraction of sp³-hybridized carbons (Fsp3) is 0.222. The number of aliphatic hydroxyl groups excluding tert-OH is 2. The van der Waals surface area contributed by atoms with Crippen molar-refractivity contribution in [3.8, 4) is 11.3 Å². The number of rotatable bonds is 6. The predicted octanol–water partition coefficient (Wildman–Crippen LogP) is 2.74. The molecule has 0 bridgehead atoms. The van der Waals surface area contributed by atoms with Crippen LogP contribution in [0.2, 0.25) is 5.02 Å². The molecule has 0 amide bonds. The van der Waals surface area contributed by atoms with Gasteiger partial charge in [-0.2, -0.15) is 0 Å². The van der Waals surface area contributed by atoms with Crippen LogP contribution in [0, 0.1) is 0 Å². The molecule has 3 rings (SSSR count). The normalized spacial score (nSPS) is 11.0. The fourth-order valence-electron chi connectivity index (χ4n) is 2.60. The summed E-state index contributed by atoms with van der Waals surface area (Å²) in [7, 11) is 0. The van der Waals surface area contributed by atoms with E-state index < -0.39 is 0 Å². The summed E-state index contributed by atoms with van der Waals surface area (Å²) in [4.78, 5) is 11.0. The number of aromatic nitrogens is 2. The molecule has 1 aromatic heterocycles. The third kappa shape index (κ3) is 3.48. The van der Waals surface area contributed by atoms with Gasteiger partial charge in [-0.15, -0.1) is 0 Å².